The molecule has 1 unspecified atom stereocenters. The molecule has 0 heterocycles. The van der Waals surface area contributed by atoms with Gasteiger partial charge < -0.3 is 14.2 Å². The molecule has 0 aromatic heterocycles. The summed E-state index contributed by atoms with van der Waals surface area (Å²) in [6, 6.07) is 0. The van der Waals surface area contributed by atoms with Crippen LogP contribution < -0.4 is 0 Å². The summed E-state index contributed by atoms with van der Waals surface area (Å²) in [4.78, 5) is 25.6. The van der Waals surface area contributed by atoms with Crippen molar-refractivity contribution in [2.24, 2.45) is 0 Å². The highest BCUT2D eigenvalue weighted by atomic mass is 16.6. The normalized spacial score (nSPS) is 13.0. The third kappa shape index (κ3) is 59.1. The lowest BCUT2D eigenvalue weighted by atomic mass is 10.1. The van der Waals surface area contributed by atoms with E-state index in [-0.39, 0.29) is 25.2 Å². The zero-order chi connectivity index (χ0) is 52.0. The highest BCUT2D eigenvalue weighted by molar-refractivity contribution is 5.70. The van der Waals surface area contributed by atoms with Crippen molar-refractivity contribution < 1.29 is 23.8 Å². The Kier molecular flexibility index (Phi) is 58.9. The topological polar surface area (TPSA) is 61.8 Å². The van der Waals surface area contributed by atoms with E-state index in [1.807, 2.05) is 0 Å². The lowest BCUT2D eigenvalue weighted by molar-refractivity contribution is -0.163. The van der Waals surface area contributed by atoms with Crippen LogP contribution in [0.15, 0.2) is 109 Å². The van der Waals surface area contributed by atoms with Crippen molar-refractivity contribution in [3.05, 3.63) is 109 Å². The summed E-state index contributed by atoms with van der Waals surface area (Å²) in [6.07, 6.45) is 85.4. The molecule has 0 amide bonds. The highest BCUT2D eigenvalue weighted by Crippen LogP contribution is 2.15. The van der Waals surface area contributed by atoms with Crippen LogP contribution in [0.4, 0.5) is 0 Å². The van der Waals surface area contributed by atoms with Crippen molar-refractivity contribution in [2.45, 2.75) is 284 Å². The Morgan fingerprint density at radius 1 is 0.319 bits per heavy atom. The summed E-state index contributed by atoms with van der Waals surface area (Å²) < 4.78 is 17.5. The van der Waals surface area contributed by atoms with Crippen molar-refractivity contribution in [1.29, 1.82) is 0 Å². The number of unbranched alkanes of at least 4 members (excludes halogenated alkanes) is 26. The highest BCUT2D eigenvalue weighted by Gasteiger charge is 2.17. The van der Waals surface area contributed by atoms with E-state index in [4.69, 9.17) is 14.2 Å². The minimum atomic E-state index is -0.562. The molecule has 0 N–H and O–H groups in total. The zero-order valence-electron chi connectivity index (χ0n) is 47.4. The average Bonchev–Trinajstić information content (AvgIpc) is 3.38. The quantitative estimate of drug-likeness (QED) is 0.0345. The predicted octanol–water partition coefficient (Wildman–Crippen LogP) is 21.1. The smallest absolute Gasteiger partial charge is 0.306 e. The van der Waals surface area contributed by atoms with Crippen LogP contribution in [0.1, 0.15) is 278 Å². The zero-order valence-corrected chi connectivity index (χ0v) is 47.4. The molecule has 0 aliphatic carbocycles. The lowest BCUT2D eigenvalue weighted by Gasteiger charge is -2.18. The standard InChI is InChI=1S/C67H114O5/c1-4-7-10-13-16-19-22-25-28-31-34-36-39-42-45-48-51-54-57-60-66(68)71-64-65(63-70-62-59-56-53-50-47-44-41-38-33-30-27-24-21-18-15-12-9-6-3)72-67(69)61-58-55-52-49-46-43-40-37-35-32-29-26-23-20-17-14-11-8-5-2/h9,12,16-21,25-30,34,36,38,41,65H,4-8,10-11,13-15,22-24,31-33,35,37,39-40,42-64H2,1-3H3/b12-9-,19-16-,20-17-,21-18-,28-25-,29-26-,30-27-,36-34-,41-38-. The number of hydrogen-bond acceptors (Lipinski definition) is 5. The van der Waals surface area contributed by atoms with Gasteiger partial charge >= 0.3 is 11.9 Å². The number of allylic oxidation sites excluding steroid dienone is 18. The van der Waals surface area contributed by atoms with E-state index in [9.17, 15) is 9.59 Å². The Bertz CT molecular complexity index is 1410. The van der Waals surface area contributed by atoms with Gasteiger partial charge in [-0.2, -0.15) is 0 Å². The Labute approximate surface area is 446 Å². The van der Waals surface area contributed by atoms with Gasteiger partial charge in [0.1, 0.15) is 6.61 Å². The van der Waals surface area contributed by atoms with Gasteiger partial charge in [-0.1, -0.05) is 246 Å². The first-order chi connectivity index (χ1) is 35.6. The molecule has 0 aliphatic heterocycles. The number of esters is 2. The van der Waals surface area contributed by atoms with E-state index >= 15 is 0 Å². The second-order valence-electron chi connectivity index (χ2n) is 19.9. The molecule has 5 nitrogen and oxygen atoms in total. The molecule has 0 aromatic carbocycles. The molecule has 0 radical (unpaired) electrons. The first kappa shape index (κ1) is 68.6. The van der Waals surface area contributed by atoms with Crippen LogP contribution in [-0.4, -0.2) is 37.9 Å². The van der Waals surface area contributed by atoms with Crippen molar-refractivity contribution in [3.8, 4) is 0 Å². The Balaban J connectivity index is 4.36. The maximum atomic E-state index is 12.9. The van der Waals surface area contributed by atoms with Gasteiger partial charge in [0.25, 0.3) is 0 Å². The number of carbonyl (C=O) groups excluding carboxylic acids is 2. The molecule has 0 saturated carbocycles. The second kappa shape index (κ2) is 61.9. The monoisotopic (exact) mass is 999 g/mol. The Hall–Kier alpha value is -3.44. The minimum Gasteiger partial charge on any atom is -0.462 e. The largest absolute Gasteiger partial charge is 0.462 e. The molecule has 412 valence electrons. The fraction of sp³-hybridized carbons (Fsp3) is 0.701. The summed E-state index contributed by atoms with van der Waals surface area (Å²) >= 11 is 0. The van der Waals surface area contributed by atoms with Gasteiger partial charge in [0.2, 0.25) is 0 Å². The fourth-order valence-electron chi connectivity index (χ4n) is 8.24. The maximum Gasteiger partial charge on any atom is 0.306 e. The fourth-order valence-corrected chi connectivity index (χ4v) is 8.24. The van der Waals surface area contributed by atoms with Crippen LogP contribution >= 0.6 is 0 Å². The molecule has 0 saturated heterocycles. The average molecular weight is 1000 g/mol. The van der Waals surface area contributed by atoms with Crippen molar-refractivity contribution in [1.82, 2.24) is 0 Å². The molecular weight excluding hydrogens is 885 g/mol. The summed E-state index contributed by atoms with van der Waals surface area (Å²) in [6.45, 7) is 7.62. The van der Waals surface area contributed by atoms with Gasteiger partial charge in [-0.15, -0.1) is 0 Å². The SMILES string of the molecule is CC/C=C\C/C=C\C/C=C\C/C=C\CCCCCCCOCC(COC(=O)CCCCCCCC/C=C\C/C=C\C/C=C\CCCCC)OC(=O)CCCCCCCCCCC/C=C\C/C=C\CCCCC. The summed E-state index contributed by atoms with van der Waals surface area (Å²) in [7, 11) is 0. The van der Waals surface area contributed by atoms with Crippen LogP contribution in [0.5, 0.6) is 0 Å². The van der Waals surface area contributed by atoms with Crippen LogP contribution in [0, 0.1) is 0 Å². The van der Waals surface area contributed by atoms with Crippen LogP contribution in [0.3, 0.4) is 0 Å². The van der Waals surface area contributed by atoms with Crippen molar-refractivity contribution in [3.63, 3.8) is 0 Å². The summed E-state index contributed by atoms with van der Waals surface area (Å²) in [5, 5.41) is 0. The molecular formula is C67H114O5. The van der Waals surface area contributed by atoms with E-state index < -0.39 is 6.10 Å². The minimum absolute atomic E-state index is 0.0637. The molecule has 5 heteroatoms. The number of ether oxygens (including phenoxy) is 3. The van der Waals surface area contributed by atoms with Crippen LogP contribution in [-0.2, 0) is 23.8 Å². The molecule has 0 spiro atoms. The molecule has 0 aromatic rings. The predicted molar refractivity (Wildman–Crippen MR) is 316 cm³/mol. The van der Waals surface area contributed by atoms with E-state index in [0.717, 1.165) is 109 Å². The van der Waals surface area contributed by atoms with Gasteiger partial charge in [0.05, 0.1) is 6.61 Å². The molecule has 0 fully saturated rings. The van der Waals surface area contributed by atoms with Gasteiger partial charge in [-0.3, -0.25) is 9.59 Å². The van der Waals surface area contributed by atoms with Gasteiger partial charge in [0, 0.05) is 19.4 Å². The van der Waals surface area contributed by atoms with Crippen LogP contribution in [0.2, 0.25) is 0 Å². The second-order valence-corrected chi connectivity index (χ2v) is 19.9. The third-order valence-corrected chi connectivity index (χ3v) is 12.8. The van der Waals surface area contributed by atoms with E-state index in [2.05, 4.69) is 130 Å². The number of rotatable bonds is 55. The molecule has 0 rings (SSSR count). The Morgan fingerprint density at radius 2 is 0.625 bits per heavy atom. The van der Waals surface area contributed by atoms with Gasteiger partial charge in [0.15, 0.2) is 6.10 Å². The van der Waals surface area contributed by atoms with Gasteiger partial charge in [-0.25, -0.2) is 0 Å². The van der Waals surface area contributed by atoms with Gasteiger partial charge in [-0.05, 0) is 128 Å². The molecule has 0 bridgehead atoms. The first-order valence-electron chi connectivity index (χ1n) is 30.4. The van der Waals surface area contributed by atoms with Crippen molar-refractivity contribution >= 4 is 11.9 Å². The van der Waals surface area contributed by atoms with Crippen molar-refractivity contribution in [2.75, 3.05) is 19.8 Å². The third-order valence-electron chi connectivity index (χ3n) is 12.8. The summed E-state index contributed by atoms with van der Waals surface area (Å²) in [5.41, 5.74) is 0. The maximum absolute atomic E-state index is 12.9. The van der Waals surface area contributed by atoms with E-state index in [1.165, 1.54) is 135 Å². The number of hydrogen-bond donors (Lipinski definition) is 0. The van der Waals surface area contributed by atoms with E-state index in [0.29, 0.717) is 19.4 Å². The molecule has 1 atom stereocenters. The number of carbonyl (C=O) groups is 2. The van der Waals surface area contributed by atoms with Crippen LogP contribution in [0.25, 0.3) is 0 Å². The van der Waals surface area contributed by atoms with E-state index in [1.54, 1.807) is 0 Å². The summed E-state index contributed by atoms with van der Waals surface area (Å²) in [5.74, 6) is -0.425. The molecule has 0 aliphatic rings. The Morgan fingerprint density at radius 3 is 1.00 bits per heavy atom. The lowest BCUT2D eigenvalue weighted by Crippen LogP contribution is -2.30. The first-order valence-corrected chi connectivity index (χ1v) is 30.4. The molecule has 72 heavy (non-hydrogen) atoms.